The Labute approximate surface area is 161 Å². The number of hydrogen-bond acceptors (Lipinski definition) is 5. The van der Waals surface area contributed by atoms with E-state index in [1.165, 1.54) is 11.3 Å². The molecule has 2 bridgehead atoms. The minimum Gasteiger partial charge on any atom is -0.467 e. The van der Waals surface area contributed by atoms with Crippen LogP contribution < -0.4 is 15.4 Å². The van der Waals surface area contributed by atoms with Crippen molar-refractivity contribution in [1.82, 2.24) is 10.3 Å². The van der Waals surface area contributed by atoms with E-state index in [1.54, 1.807) is 12.3 Å². The number of carbonyl (C=O) groups excluding carboxylic acids is 2. The number of para-hydroxylation sites is 1. The summed E-state index contributed by atoms with van der Waals surface area (Å²) >= 11 is 1.49. The van der Waals surface area contributed by atoms with Crippen molar-refractivity contribution in [1.29, 1.82) is 0 Å². The molecule has 0 unspecified atom stereocenters. The van der Waals surface area contributed by atoms with E-state index in [0.29, 0.717) is 22.9 Å². The number of hydrogen-bond donors (Lipinski definition) is 2. The second-order valence-corrected chi connectivity index (χ2v) is 9.02. The van der Waals surface area contributed by atoms with Crippen LogP contribution in [0.3, 0.4) is 0 Å². The molecule has 4 atom stereocenters. The quantitative estimate of drug-likeness (QED) is 0.833. The third-order valence-corrected chi connectivity index (χ3v) is 6.98. The molecule has 0 radical (unpaired) electrons. The smallest absolute Gasteiger partial charge is 0.258 e. The van der Waals surface area contributed by atoms with Crippen molar-refractivity contribution in [3.05, 3.63) is 40.9 Å². The van der Waals surface area contributed by atoms with Crippen LogP contribution in [-0.2, 0) is 4.79 Å². The molecule has 140 valence electrons. The lowest BCUT2D eigenvalue weighted by atomic mass is 9.60. The van der Waals surface area contributed by atoms with Crippen molar-refractivity contribution < 1.29 is 14.3 Å². The molecule has 1 spiro atoms. The maximum absolute atomic E-state index is 12.8. The highest BCUT2D eigenvalue weighted by Crippen LogP contribution is 2.52. The van der Waals surface area contributed by atoms with E-state index in [9.17, 15) is 9.59 Å². The lowest BCUT2D eigenvalue weighted by Crippen LogP contribution is -2.66. The summed E-state index contributed by atoms with van der Waals surface area (Å²) in [4.78, 5) is 30.8. The van der Waals surface area contributed by atoms with Crippen molar-refractivity contribution in [2.24, 2.45) is 17.8 Å². The molecule has 3 fully saturated rings. The van der Waals surface area contributed by atoms with Gasteiger partial charge in [0.2, 0.25) is 5.91 Å². The fourth-order valence-electron chi connectivity index (χ4n) is 4.89. The average molecular weight is 383 g/mol. The number of benzene rings is 1. The van der Waals surface area contributed by atoms with Gasteiger partial charge in [0.1, 0.15) is 5.75 Å². The van der Waals surface area contributed by atoms with E-state index in [-0.39, 0.29) is 29.6 Å². The number of nitrogens with zero attached hydrogens (tertiary/aromatic N) is 1. The van der Waals surface area contributed by atoms with E-state index in [4.69, 9.17) is 4.74 Å². The Morgan fingerprint density at radius 1 is 1.37 bits per heavy atom. The number of carbonyl (C=O) groups is 2. The summed E-state index contributed by atoms with van der Waals surface area (Å²) in [5.41, 5.74) is -0.0962. The van der Waals surface area contributed by atoms with Gasteiger partial charge in [0, 0.05) is 29.3 Å². The van der Waals surface area contributed by atoms with E-state index in [0.717, 1.165) is 24.1 Å². The standard InChI is InChI=1S/C20H21N3O3S/c1-11-10-21-19(27-11)22-17(24)15-8-13-7-6-12(15)9-20(13)23-18(25)14-4-2-3-5-16(14)26-20/h2-5,10,12-13,15H,6-9H2,1H3,(H,23,25)(H,21,22,24)/t12-,13-,15+,20+/m1/s1. The highest BCUT2D eigenvalue weighted by atomic mass is 32.1. The van der Waals surface area contributed by atoms with Gasteiger partial charge < -0.3 is 15.4 Å². The van der Waals surface area contributed by atoms with Crippen LogP contribution in [0.5, 0.6) is 5.75 Å². The van der Waals surface area contributed by atoms with Gasteiger partial charge in [-0.2, -0.15) is 0 Å². The first-order valence-corrected chi connectivity index (χ1v) is 10.2. The lowest BCUT2D eigenvalue weighted by Gasteiger charge is -2.55. The van der Waals surface area contributed by atoms with Crippen LogP contribution in [0.15, 0.2) is 30.5 Å². The molecule has 2 amide bonds. The second-order valence-electron chi connectivity index (χ2n) is 7.79. The normalized spacial score (nSPS) is 31.1. The van der Waals surface area contributed by atoms with Gasteiger partial charge in [-0.05, 0) is 44.2 Å². The molecule has 3 aliphatic carbocycles. The predicted octanol–water partition coefficient (Wildman–Crippen LogP) is 3.34. The number of anilines is 1. The Kier molecular flexibility index (Phi) is 3.75. The molecule has 2 N–H and O–H groups in total. The molecule has 27 heavy (non-hydrogen) atoms. The maximum Gasteiger partial charge on any atom is 0.258 e. The highest BCUT2D eigenvalue weighted by molar-refractivity contribution is 7.15. The second kappa shape index (κ2) is 6.05. The number of ether oxygens (including phenoxy) is 1. The number of aryl methyl sites for hydroxylation is 1. The van der Waals surface area contributed by atoms with Crippen molar-refractivity contribution in [3.63, 3.8) is 0 Å². The fourth-order valence-corrected chi connectivity index (χ4v) is 5.56. The number of amides is 2. The van der Waals surface area contributed by atoms with Gasteiger partial charge in [0.25, 0.3) is 5.91 Å². The summed E-state index contributed by atoms with van der Waals surface area (Å²) in [6.45, 7) is 1.97. The minimum absolute atomic E-state index is 0.0384. The molecule has 1 aliphatic heterocycles. The zero-order valence-corrected chi connectivity index (χ0v) is 15.8. The lowest BCUT2D eigenvalue weighted by molar-refractivity contribution is -0.142. The number of aromatic nitrogens is 1. The summed E-state index contributed by atoms with van der Waals surface area (Å²) in [7, 11) is 0. The molecule has 6 nitrogen and oxygen atoms in total. The van der Waals surface area contributed by atoms with Crippen molar-refractivity contribution >= 4 is 28.3 Å². The zero-order chi connectivity index (χ0) is 18.6. The third kappa shape index (κ3) is 2.72. The Bertz CT molecular complexity index is 927. The Morgan fingerprint density at radius 3 is 2.96 bits per heavy atom. The average Bonchev–Trinajstić information content (AvgIpc) is 3.06. The van der Waals surface area contributed by atoms with Crippen LogP contribution in [0.4, 0.5) is 5.13 Å². The SMILES string of the molecule is Cc1cnc(NC(=O)[C@H]2C[C@H]3CC[C@@H]2C[C@@]32NC(=O)c3ccccc3O2)s1. The van der Waals surface area contributed by atoms with Crippen LogP contribution in [-0.4, -0.2) is 22.5 Å². The first-order valence-electron chi connectivity index (χ1n) is 9.38. The summed E-state index contributed by atoms with van der Waals surface area (Å²) in [6, 6.07) is 7.37. The van der Waals surface area contributed by atoms with Crippen LogP contribution in [0.1, 0.15) is 40.9 Å². The third-order valence-electron chi connectivity index (χ3n) is 6.16. The van der Waals surface area contributed by atoms with E-state index in [2.05, 4.69) is 15.6 Å². The van der Waals surface area contributed by atoms with Gasteiger partial charge in [-0.3, -0.25) is 9.59 Å². The van der Waals surface area contributed by atoms with Gasteiger partial charge >= 0.3 is 0 Å². The highest BCUT2D eigenvalue weighted by Gasteiger charge is 2.57. The first kappa shape index (κ1) is 16.7. The minimum atomic E-state index is -0.678. The number of fused-ring (bicyclic) bond motifs is 3. The van der Waals surface area contributed by atoms with Crippen molar-refractivity contribution in [2.45, 2.75) is 38.3 Å². The summed E-state index contributed by atoms with van der Waals surface area (Å²) in [5, 5.41) is 6.76. The van der Waals surface area contributed by atoms with Crippen LogP contribution in [0.2, 0.25) is 0 Å². The molecule has 2 aromatic rings. The molecule has 2 heterocycles. The zero-order valence-electron chi connectivity index (χ0n) is 15.0. The van der Waals surface area contributed by atoms with Gasteiger partial charge in [-0.1, -0.05) is 12.1 Å². The maximum atomic E-state index is 12.8. The van der Waals surface area contributed by atoms with Gasteiger partial charge in [0.15, 0.2) is 10.9 Å². The molecule has 7 heteroatoms. The molecular weight excluding hydrogens is 362 g/mol. The van der Waals surface area contributed by atoms with Gasteiger partial charge in [-0.25, -0.2) is 4.98 Å². The molecule has 6 rings (SSSR count). The van der Waals surface area contributed by atoms with Crippen molar-refractivity contribution in [3.8, 4) is 5.75 Å². The molecule has 1 aromatic carbocycles. The van der Waals surface area contributed by atoms with E-state index in [1.807, 2.05) is 25.1 Å². The first-order chi connectivity index (χ1) is 13.0. The molecule has 3 saturated carbocycles. The summed E-state index contributed by atoms with van der Waals surface area (Å²) in [6.07, 6.45) is 5.12. The number of nitrogens with one attached hydrogen (secondary N) is 2. The number of rotatable bonds is 2. The summed E-state index contributed by atoms with van der Waals surface area (Å²) in [5.74, 6) is 0.875. The van der Waals surface area contributed by atoms with Crippen LogP contribution >= 0.6 is 11.3 Å². The number of thiazole rings is 1. The van der Waals surface area contributed by atoms with E-state index >= 15 is 0 Å². The summed E-state index contributed by atoms with van der Waals surface area (Å²) < 4.78 is 6.34. The van der Waals surface area contributed by atoms with Gasteiger partial charge in [-0.15, -0.1) is 11.3 Å². The molecule has 4 aliphatic rings. The Balaban J connectivity index is 1.36. The monoisotopic (exact) mass is 383 g/mol. The molecular formula is C20H21N3O3S. The molecule has 0 saturated heterocycles. The van der Waals surface area contributed by atoms with Crippen LogP contribution in [0.25, 0.3) is 0 Å². The predicted molar refractivity (Wildman–Crippen MR) is 102 cm³/mol. The van der Waals surface area contributed by atoms with Crippen LogP contribution in [0, 0.1) is 24.7 Å². The van der Waals surface area contributed by atoms with Crippen molar-refractivity contribution in [2.75, 3.05) is 5.32 Å². The fraction of sp³-hybridized carbons (Fsp3) is 0.450. The topological polar surface area (TPSA) is 80.3 Å². The largest absolute Gasteiger partial charge is 0.467 e. The van der Waals surface area contributed by atoms with E-state index < -0.39 is 5.72 Å². The Morgan fingerprint density at radius 2 is 2.22 bits per heavy atom. The Hall–Kier alpha value is -2.41. The van der Waals surface area contributed by atoms with Gasteiger partial charge in [0.05, 0.1) is 5.56 Å². The molecule has 1 aromatic heterocycles.